The van der Waals surface area contributed by atoms with Gasteiger partial charge in [0.05, 0.1) is 6.20 Å². The number of hydrogen-bond donors (Lipinski definition) is 1. The topological polar surface area (TPSA) is 80.8 Å². The van der Waals surface area contributed by atoms with Gasteiger partial charge in [0, 0.05) is 37.2 Å². The number of hydrogen-bond acceptors (Lipinski definition) is 6. The molecule has 3 rings (SSSR count). The number of nitrogens with two attached hydrogens (primary N) is 1. The molecule has 0 aliphatic carbocycles. The van der Waals surface area contributed by atoms with Gasteiger partial charge < -0.3 is 10.6 Å². The fraction of sp³-hybridized carbons (Fsp3) is 0.500. The Balaban J connectivity index is 1.88. The monoisotopic (exact) mass is 298 g/mol. The van der Waals surface area contributed by atoms with Crippen LogP contribution in [0.4, 0.5) is 5.82 Å². The summed E-state index contributed by atoms with van der Waals surface area (Å²) >= 11 is 0. The van der Waals surface area contributed by atoms with Crippen LogP contribution in [0.1, 0.15) is 25.5 Å². The lowest BCUT2D eigenvalue weighted by molar-refractivity contribution is 0.413. The molecule has 0 unspecified atom stereocenters. The number of nitrogens with zero attached hydrogens (tertiary/aromatic N) is 5. The highest BCUT2D eigenvalue weighted by Crippen LogP contribution is 2.24. The van der Waals surface area contributed by atoms with Crippen LogP contribution in [-0.4, -0.2) is 39.6 Å². The minimum atomic E-state index is 0.642. The van der Waals surface area contributed by atoms with Gasteiger partial charge in [0.1, 0.15) is 11.5 Å². The van der Waals surface area contributed by atoms with Gasteiger partial charge in [-0.2, -0.15) is 0 Å². The third-order valence-electron chi connectivity index (χ3n) is 4.19. The average Bonchev–Trinajstić information content (AvgIpc) is 2.62. The molecule has 0 radical (unpaired) electrons. The molecule has 2 aromatic rings. The molecule has 1 aliphatic rings. The van der Waals surface area contributed by atoms with Crippen LogP contribution in [0.5, 0.6) is 0 Å². The van der Waals surface area contributed by atoms with E-state index >= 15 is 0 Å². The van der Waals surface area contributed by atoms with E-state index in [0.29, 0.717) is 11.7 Å². The summed E-state index contributed by atoms with van der Waals surface area (Å²) in [6, 6.07) is 2.09. The van der Waals surface area contributed by atoms with Gasteiger partial charge in [0.15, 0.2) is 5.82 Å². The summed E-state index contributed by atoms with van der Waals surface area (Å²) < 4.78 is 0. The first-order valence-electron chi connectivity index (χ1n) is 7.89. The van der Waals surface area contributed by atoms with Crippen molar-refractivity contribution in [2.24, 2.45) is 11.7 Å². The lowest BCUT2D eigenvalue weighted by Crippen LogP contribution is -2.36. The van der Waals surface area contributed by atoms with Crippen LogP contribution >= 0.6 is 0 Å². The van der Waals surface area contributed by atoms with E-state index in [1.54, 1.807) is 18.6 Å². The summed E-state index contributed by atoms with van der Waals surface area (Å²) in [5, 5.41) is 0. The Bertz CT molecular complexity index is 607. The summed E-state index contributed by atoms with van der Waals surface area (Å²) in [6.07, 6.45) is 8.17. The quantitative estimate of drug-likeness (QED) is 0.924. The molecule has 0 saturated carbocycles. The van der Waals surface area contributed by atoms with Crippen molar-refractivity contribution in [1.29, 1.82) is 0 Å². The van der Waals surface area contributed by atoms with Crippen LogP contribution in [0, 0.1) is 5.92 Å². The predicted octanol–water partition coefficient (Wildman–Crippen LogP) is 1.67. The molecular weight excluding hydrogens is 276 g/mol. The fourth-order valence-electron chi connectivity index (χ4n) is 2.75. The molecule has 0 amide bonds. The highest BCUT2D eigenvalue weighted by atomic mass is 15.2. The van der Waals surface area contributed by atoms with Crippen LogP contribution in [-0.2, 0) is 6.42 Å². The molecule has 6 nitrogen and oxygen atoms in total. The van der Waals surface area contributed by atoms with Crippen LogP contribution in [0.2, 0.25) is 0 Å². The molecule has 0 spiro atoms. The van der Waals surface area contributed by atoms with Crippen LogP contribution in [0.25, 0.3) is 11.5 Å². The highest BCUT2D eigenvalue weighted by Gasteiger charge is 2.20. The first-order valence-corrected chi connectivity index (χ1v) is 7.89. The molecule has 1 fully saturated rings. The summed E-state index contributed by atoms with van der Waals surface area (Å²) in [5.74, 6) is 2.29. The maximum Gasteiger partial charge on any atom is 0.182 e. The van der Waals surface area contributed by atoms with E-state index in [2.05, 4.69) is 32.8 Å². The zero-order chi connectivity index (χ0) is 15.4. The minimum absolute atomic E-state index is 0.642. The Morgan fingerprint density at radius 2 is 2.05 bits per heavy atom. The Kier molecular flexibility index (Phi) is 4.58. The zero-order valence-corrected chi connectivity index (χ0v) is 12.9. The van der Waals surface area contributed by atoms with Crippen LogP contribution in [0.3, 0.4) is 0 Å². The van der Waals surface area contributed by atoms with Crippen LogP contribution < -0.4 is 10.6 Å². The maximum absolute atomic E-state index is 5.77. The summed E-state index contributed by atoms with van der Waals surface area (Å²) in [4.78, 5) is 20.0. The molecule has 2 N–H and O–H groups in total. The smallest absolute Gasteiger partial charge is 0.182 e. The first kappa shape index (κ1) is 14.8. The van der Waals surface area contributed by atoms with E-state index in [1.807, 2.05) is 0 Å². The fourth-order valence-corrected chi connectivity index (χ4v) is 2.75. The predicted molar refractivity (Wildman–Crippen MR) is 86.4 cm³/mol. The number of rotatable bonds is 4. The van der Waals surface area contributed by atoms with Crippen molar-refractivity contribution in [3.63, 3.8) is 0 Å². The van der Waals surface area contributed by atoms with Gasteiger partial charge in [-0.1, -0.05) is 6.92 Å². The van der Waals surface area contributed by atoms with E-state index in [0.717, 1.165) is 56.1 Å². The summed E-state index contributed by atoms with van der Waals surface area (Å²) in [5.41, 5.74) is 7.53. The highest BCUT2D eigenvalue weighted by molar-refractivity contribution is 5.53. The third-order valence-corrected chi connectivity index (χ3v) is 4.19. The molecular formula is C16H22N6. The number of aryl methyl sites for hydroxylation is 1. The van der Waals surface area contributed by atoms with E-state index in [-0.39, 0.29) is 0 Å². The van der Waals surface area contributed by atoms with Gasteiger partial charge >= 0.3 is 0 Å². The van der Waals surface area contributed by atoms with Gasteiger partial charge in [-0.3, -0.25) is 4.98 Å². The Morgan fingerprint density at radius 1 is 1.23 bits per heavy atom. The lowest BCUT2D eigenvalue weighted by atomic mass is 9.97. The molecule has 0 aromatic carbocycles. The van der Waals surface area contributed by atoms with E-state index in [1.165, 1.54) is 0 Å². The number of piperidine rings is 1. The van der Waals surface area contributed by atoms with Crippen LogP contribution in [0.15, 0.2) is 24.7 Å². The summed E-state index contributed by atoms with van der Waals surface area (Å²) in [7, 11) is 0. The molecule has 1 aliphatic heterocycles. The van der Waals surface area contributed by atoms with Gasteiger partial charge in [-0.25, -0.2) is 15.0 Å². The second-order valence-electron chi connectivity index (χ2n) is 5.65. The molecule has 1 saturated heterocycles. The van der Waals surface area contributed by atoms with Crippen molar-refractivity contribution in [3.05, 3.63) is 30.4 Å². The van der Waals surface area contributed by atoms with Crippen molar-refractivity contribution in [2.45, 2.75) is 26.2 Å². The second-order valence-corrected chi connectivity index (χ2v) is 5.65. The molecule has 6 heteroatoms. The molecule has 0 atom stereocenters. The van der Waals surface area contributed by atoms with Crippen molar-refractivity contribution in [2.75, 3.05) is 24.5 Å². The minimum Gasteiger partial charge on any atom is -0.356 e. The Labute approximate surface area is 130 Å². The third kappa shape index (κ3) is 3.22. The second kappa shape index (κ2) is 6.79. The molecule has 22 heavy (non-hydrogen) atoms. The van der Waals surface area contributed by atoms with Crippen molar-refractivity contribution < 1.29 is 0 Å². The normalized spacial score (nSPS) is 16.0. The Morgan fingerprint density at radius 3 is 2.68 bits per heavy atom. The zero-order valence-electron chi connectivity index (χ0n) is 12.9. The number of anilines is 1. The standard InChI is InChI=1S/C16H22N6/c1-2-13-9-15(22-7-3-12(10-17)4-8-22)21-16(20-13)14-11-18-5-6-19-14/h5-6,9,11-12H,2-4,7-8,10,17H2,1H3. The van der Waals surface area contributed by atoms with E-state index in [4.69, 9.17) is 10.7 Å². The van der Waals surface area contributed by atoms with E-state index in [9.17, 15) is 0 Å². The average molecular weight is 298 g/mol. The van der Waals surface area contributed by atoms with Gasteiger partial charge in [0.25, 0.3) is 0 Å². The SMILES string of the molecule is CCc1cc(N2CCC(CN)CC2)nc(-c2cnccn2)n1. The van der Waals surface area contributed by atoms with Crippen molar-refractivity contribution in [3.8, 4) is 11.5 Å². The van der Waals surface area contributed by atoms with E-state index < -0.39 is 0 Å². The molecule has 0 bridgehead atoms. The molecule has 3 heterocycles. The van der Waals surface area contributed by atoms with Gasteiger partial charge in [-0.05, 0) is 31.7 Å². The lowest BCUT2D eigenvalue weighted by Gasteiger charge is -2.32. The maximum atomic E-state index is 5.77. The largest absolute Gasteiger partial charge is 0.356 e. The summed E-state index contributed by atoms with van der Waals surface area (Å²) in [6.45, 7) is 4.89. The molecule has 2 aromatic heterocycles. The number of aromatic nitrogens is 4. The van der Waals surface area contributed by atoms with Crippen molar-refractivity contribution >= 4 is 5.82 Å². The first-order chi connectivity index (χ1) is 10.8. The van der Waals surface area contributed by atoms with Gasteiger partial charge in [0.2, 0.25) is 0 Å². The van der Waals surface area contributed by atoms with Crippen molar-refractivity contribution in [1.82, 2.24) is 19.9 Å². The van der Waals surface area contributed by atoms with Gasteiger partial charge in [-0.15, -0.1) is 0 Å². The molecule has 116 valence electrons. The Hall–Kier alpha value is -2.08.